The van der Waals surface area contributed by atoms with Crippen molar-refractivity contribution in [3.63, 3.8) is 0 Å². The van der Waals surface area contributed by atoms with Crippen LogP contribution < -0.4 is 4.74 Å². The molecule has 0 bridgehead atoms. The first-order valence-corrected chi connectivity index (χ1v) is 6.80. The highest BCUT2D eigenvalue weighted by Crippen LogP contribution is 2.44. The second kappa shape index (κ2) is 5.65. The van der Waals surface area contributed by atoms with Crippen LogP contribution in [0.25, 0.3) is 0 Å². The van der Waals surface area contributed by atoms with Crippen molar-refractivity contribution in [3.05, 3.63) is 65.7 Å². The number of hydrogen-bond donors (Lipinski definition) is 0. The minimum absolute atomic E-state index is 0.0247. The topological polar surface area (TPSA) is 27.7 Å². The highest BCUT2D eigenvalue weighted by molar-refractivity contribution is 5.30. The Balaban J connectivity index is 1.79. The van der Waals surface area contributed by atoms with Crippen LogP contribution in [-0.2, 0) is 9.78 Å². The van der Waals surface area contributed by atoms with Gasteiger partial charge in [-0.05, 0) is 23.3 Å². The van der Waals surface area contributed by atoms with E-state index in [4.69, 9.17) is 14.5 Å². The summed E-state index contributed by atoms with van der Waals surface area (Å²) in [5.74, 6) is 1.10. The molecule has 2 aromatic rings. The van der Waals surface area contributed by atoms with E-state index >= 15 is 0 Å². The fourth-order valence-electron chi connectivity index (χ4n) is 2.61. The molecule has 1 aliphatic heterocycles. The monoisotopic (exact) mass is 270 g/mol. The van der Waals surface area contributed by atoms with Gasteiger partial charge in [-0.25, -0.2) is 9.78 Å². The van der Waals surface area contributed by atoms with Gasteiger partial charge in [0, 0.05) is 5.92 Å². The Kier molecular flexibility index (Phi) is 3.72. The van der Waals surface area contributed by atoms with E-state index < -0.39 is 0 Å². The van der Waals surface area contributed by atoms with Crippen molar-refractivity contribution in [2.75, 3.05) is 7.11 Å². The Morgan fingerprint density at radius 1 is 0.800 bits per heavy atom. The molecular formula is C17H18O3. The zero-order valence-corrected chi connectivity index (χ0v) is 11.7. The number of hydrogen-bond acceptors (Lipinski definition) is 3. The summed E-state index contributed by atoms with van der Waals surface area (Å²) in [6.45, 7) is 2.15. The molecule has 2 aromatic carbocycles. The van der Waals surface area contributed by atoms with Gasteiger partial charge in [-0.2, -0.15) is 0 Å². The first-order chi connectivity index (χ1) is 9.79. The summed E-state index contributed by atoms with van der Waals surface area (Å²) in [5.41, 5.74) is 2.26. The standard InChI is InChI=1S/C17H18O3/c1-12-16(13-6-4-3-5-7-13)19-20-17(12)14-8-10-15(18-2)11-9-14/h3-12,16-17H,1-2H3/t12-,16-,17-/m0/s1. The molecule has 0 spiro atoms. The molecule has 0 unspecified atom stereocenters. The maximum absolute atomic E-state index is 5.55. The van der Waals surface area contributed by atoms with Crippen LogP contribution in [0.5, 0.6) is 5.75 Å². The van der Waals surface area contributed by atoms with Crippen LogP contribution in [0.15, 0.2) is 54.6 Å². The summed E-state index contributed by atoms with van der Waals surface area (Å²) in [5, 5.41) is 0. The van der Waals surface area contributed by atoms with Gasteiger partial charge >= 0.3 is 0 Å². The summed E-state index contributed by atoms with van der Waals surface area (Å²) in [7, 11) is 1.66. The van der Waals surface area contributed by atoms with Gasteiger partial charge in [0.2, 0.25) is 0 Å². The SMILES string of the molecule is COc1ccc([C@H]2OO[C@H](c3ccccc3)[C@@H]2C)cc1. The Bertz CT molecular complexity index is 550. The van der Waals surface area contributed by atoms with Gasteiger partial charge in [0.25, 0.3) is 0 Å². The van der Waals surface area contributed by atoms with Crippen LogP contribution >= 0.6 is 0 Å². The number of methoxy groups -OCH3 is 1. The van der Waals surface area contributed by atoms with Gasteiger partial charge in [-0.1, -0.05) is 49.4 Å². The second-order valence-corrected chi connectivity index (χ2v) is 5.08. The highest BCUT2D eigenvalue weighted by atomic mass is 17.2. The molecule has 1 saturated heterocycles. The van der Waals surface area contributed by atoms with Crippen molar-refractivity contribution >= 4 is 0 Å². The molecule has 0 radical (unpaired) electrons. The first-order valence-electron chi connectivity index (χ1n) is 6.80. The summed E-state index contributed by atoms with van der Waals surface area (Å²) in [6.07, 6.45) is -0.0746. The predicted octanol–water partition coefficient (Wildman–Crippen LogP) is 4.08. The molecule has 1 aliphatic rings. The van der Waals surface area contributed by atoms with Crippen molar-refractivity contribution in [3.8, 4) is 5.75 Å². The molecule has 0 N–H and O–H groups in total. The summed E-state index contributed by atoms with van der Waals surface area (Å²) in [6, 6.07) is 18.1. The van der Waals surface area contributed by atoms with Crippen molar-refractivity contribution in [1.29, 1.82) is 0 Å². The lowest BCUT2D eigenvalue weighted by Crippen LogP contribution is -2.09. The van der Waals surface area contributed by atoms with E-state index in [2.05, 4.69) is 19.1 Å². The third-order valence-electron chi connectivity index (χ3n) is 3.79. The molecule has 1 heterocycles. The van der Waals surface area contributed by atoms with Gasteiger partial charge in [0.1, 0.15) is 18.0 Å². The molecule has 3 rings (SSSR count). The average molecular weight is 270 g/mol. The lowest BCUT2D eigenvalue weighted by molar-refractivity contribution is -0.300. The van der Waals surface area contributed by atoms with Crippen LogP contribution in [-0.4, -0.2) is 7.11 Å². The van der Waals surface area contributed by atoms with Crippen LogP contribution in [0.2, 0.25) is 0 Å². The quantitative estimate of drug-likeness (QED) is 0.787. The van der Waals surface area contributed by atoms with Crippen molar-refractivity contribution in [2.45, 2.75) is 19.1 Å². The van der Waals surface area contributed by atoms with Gasteiger partial charge in [0.15, 0.2) is 0 Å². The van der Waals surface area contributed by atoms with Gasteiger partial charge in [-0.3, -0.25) is 0 Å². The van der Waals surface area contributed by atoms with E-state index in [9.17, 15) is 0 Å². The largest absolute Gasteiger partial charge is 0.497 e. The number of ether oxygens (including phenoxy) is 1. The molecular weight excluding hydrogens is 252 g/mol. The zero-order chi connectivity index (χ0) is 13.9. The maximum Gasteiger partial charge on any atom is 0.123 e. The Morgan fingerprint density at radius 2 is 1.35 bits per heavy atom. The van der Waals surface area contributed by atoms with E-state index in [-0.39, 0.29) is 18.1 Å². The van der Waals surface area contributed by atoms with E-state index in [1.54, 1.807) is 7.11 Å². The van der Waals surface area contributed by atoms with E-state index in [0.29, 0.717) is 0 Å². The van der Waals surface area contributed by atoms with Crippen LogP contribution in [0.1, 0.15) is 30.3 Å². The molecule has 104 valence electrons. The van der Waals surface area contributed by atoms with Gasteiger partial charge in [0.05, 0.1) is 7.11 Å². The molecule has 3 heteroatoms. The molecule has 3 atom stereocenters. The molecule has 0 saturated carbocycles. The van der Waals surface area contributed by atoms with Crippen molar-refractivity contribution in [2.24, 2.45) is 5.92 Å². The number of rotatable bonds is 3. The molecule has 0 aliphatic carbocycles. The van der Waals surface area contributed by atoms with Gasteiger partial charge < -0.3 is 4.74 Å². The van der Waals surface area contributed by atoms with E-state index in [1.165, 1.54) is 0 Å². The third-order valence-corrected chi connectivity index (χ3v) is 3.79. The summed E-state index contributed by atoms with van der Waals surface area (Å²) < 4.78 is 5.18. The fourth-order valence-corrected chi connectivity index (χ4v) is 2.61. The fraction of sp³-hybridized carbons (Fsp3) is 0.294. The van der Waals surface area contributed by atoms with Crippen LogP contribution in [0, 0.1) is 5.92 Å². The van der Waals surface area contributed by atoms with Crippen LogP contribution in [0.4, 0.5) is 0 Å². The Hall–Kier alpha value is -1.84. The summed E-state index contributed by atoms with van der Waals surface area (Å²) >= 11 is 0. The molecule has 1 fully saturated rings. The lowest BCUT2D eigenvalue weighted by atomic mass is 9.89. The average Bonchev–Trinajstić information content (AvgIpc) is 2.90. The normalized spacial score (nSPS) is 25.6. The number of benzene rings is 2. The first kappa shape index (κ1) is 13.2. The predicted molar refractivity (Wildman–Crippen MR) is 76.3 cm³/mol. The van der Waals surface area contributed by atoms with Crippen molar-refractivity contribution in [1.82, 2.24) is 0 Å². The Morgan fingerprint density at radius 3 is 1.90 bits per heavy atom. The minimum atomic E-state index is -0.0499. The molecule has 3 nitrogen and oxygen atoms in total. The Labute approximate surface area is 119 Å². The van der Waals surface area contributed by atoms with E-state index in [0.717, 1.165) is 16.9 Å². The molecule has 0 aromatic heterocycles. The van der Waals surface area contributed by atoms with E-state index in [1.807, 2.05) is 42.5 Å². The molecule has 0 amide bonds. The third kappa shape index (κ3) is 2.42. The van der Waals surface area contributed by atoms with Crippen LogP contribution in [0.3, 0.4) is 0 Å². The molecule has 20 heavy (non-hydrogen) atoms. The second-order valence-electron chi connectivity index (χ2n) is 5.08. The van der Waals surface area contributed by atoms with Crippen molar-refractivity contribution < 1.29 is 14.5 Å². The lowest BCUT2D eigenvalue weighted by Gasteiger charge is -2.16. The maximum atomic E-state index is 5.55. The minimum Gasteiger partial charge on any atom is -0.497 e. The highest BCUT2D eigenvalue weighted by Gasteiger charge is 2.37. The van der Waals surface area contributed by atoms with Gasteiger partial charge in [-0.15, -0.1) is 0 Å². The smallest absolute Gasteiger partial charge is 0.123 e. The summed E-state index contributed by atoms with van der Waals surface area (Å²) in [4.78, 5) is 11.1. The zero-order valence-electron chi connectivity index (χ0n) is 11.7.